The highest BCUT2D eigenvalue weighted by atomic mass is 32.2. The van der Waals surface area contributed by atoms with Crippen molar-refractivity contribution in [3.8, 4) is 0 Å². The number of benzene rings is 4. The molecule has 0 unspecified atom stereocenters. The average molecular weight is 477 g/mol. The molecule has 0 heterocycles. The molecule has 3 nitrogen and oxygen atoms in total. The van der Waals surface area contributed by atoms with Crippen LogP contribution in [0, 0.1) is 27.7 Å². The van der Waals surface area contributed by atoms with Crippen molar-refractivity contribution in [3.05, 3.63) is 119 Å². The van der Waals surface area contributed by atoms with E-state index in [0.717, 1.165) is 0 Å². The minimum atomic E-state index is -4.28. The van der Waals surface area contributed by atoms with Crippen LogP contribution in [0.1, 0.15) is 22.3 Å². The van der Waals surface area contributed by atoms with Crippen molar-refractivity contribution in [2.24, 2.45) is 0 Å². The third-order valence-electron chi connectivity index (χ3n) is 5.13. The number of aryl methyl sites for hydroxylation is 4. The Bertz CT molecular complexity index is 1250. The number of hydrogen-bond acceptors (Lipinski definition) is 3. The molecule has 0 N–H and O–H groups in total. The summed E-state index contributed by atoms with van der Waals surface area (Å²) in [5.41, 5.74) is 4.59. The molecule has 0 aliphatic rings. The quantitative estimate of drug-likeness (QED) is 0.246. The van der Waals surface area contributed by atoms with Crippen LogP contribution in [-0.2, 0) is 21.0 Å². The summed E-state index contributed by atoms with van der Waals surface area (Å²) in [6, 6.07) is 32.4. The SMILES string of the molecule is Cc1cc(C)c([S+](c2ccccc2)c2ccccc2)c(C)c1.Cc1ccccc1S(=O)(=O)[O-]. The smallest absolute Gasteiger partial charge is 0.172 e. The lowest BCUT2D eigenvalue weighted by Gasteiger charge is -2.13. The third kappa shape index (κ3) is 6.35. The molecular formula is C28H28O3S2. The van der Waals surface area contributed by atoms with Gasteiger partial charge in [0.05, 0.1) is 15.8 Å². The van der Waals surface area contributed by atoms with Crippen LogP contribution in [0.2, 0.25) is 0 Å². The predicted molar refractivity (Wildman–Crippen MR) is 135 cm³/mol. The van der Waals surface area contributed by atoms with Gasteiger partial charge < -0.3 is 4.55 Å². The number of rotatable bonds is 4. The van der Waals surface area contributed by atoms with E-state index < -0.39 is 10.1 Å². The highest BCUT2D eigenvalue weighted by Crippen LogP contribution is 2.35. The minimum Gasteiger partial charge on any atom is -0.744 e. The predicted octanol–water partition coefficient (Wildman–Crippen LogP) is 6.61. The zero-order chi connectivity index (χ0) is 24.0. The van der Waals surface area contributed by atoms with E-state index >= 15 is 0 Å². The molecule has 0 atom stereocenters. The zero-order valence-electron chi connectivity index (χ0n) is 19.3. The molecule has 0 aromatic heterocycles. The van der Waals surface area contributed by atoms with Crippen molar-refractivity contribution in [2.75, 3.05) is 0 Å². The maximum atomic E-state index is 10.5. The van der Waals surface area contributed by atoms with Crippen molar-refractivity contribution in [3.63, 3.8) is 0 Å². The Labute approximate surface area is 200 Å². The Morgan fingerprint density at radius 2 is 1.03 bits per heavy atom. The Kier molecular flexibility index (Phi) is 8.14. The molecule has 0 bridgehead atoms. The molecule has 5 heteroatoms. The van der Waals surface area contributed by atoms with E-state index in [2.05, 4.69) is 93.6 Å². The lowest BCUT2D eigenvalue weighted by atomic mass is 10.1. The van der Waals surface area contributed by atoms with Gasteiger partial charge in [-0.15, -0.1) is 0 Å². The Morgan fingerprint density at radius 1 is 0.606 bits per heavy atom. The average Bonchev–Trinajstić information content (AvgIpc) is 2.77. The van der Waals surface area contributed by atoms with Crippen LogP contribution >= 0.6 is 0 Å². The van der Waals surface area contributed by atoms with Crippen LogP contribution in [0.15, 0.2) is 117 Å². The van der Waals surface area contributed by atoms with Crippen LogP contribution in [0.4, 0.5) is 0 Å². The van der Waals surface area contributed by atoms with Gasteiger partial charge in [-0.1, -0.05) is 72.3 Å². The molecule has 0 aliphatic carbocycles. The summed E-state index contributed by atoms with van der Waals surface area (Å²) in [5.74, 6) is 0. The van der Waals surface area contributed by atoms with Crippen molar-refractivity contribution in [1.82, 2.24) is 0 Å². The van der Waals surface area contributed by atoms with Gasteiger partial charge in [-0.3, -0.25) is 0 Å². The van der Waals surface area contributed by atoms with E-state index in [4.69, 9.17) is 0 Å². The molecule has 0 fully saturated rings. The first-order valence-electron chi connectivity index (χ1n) is 10.6. The van der Waals surface area contributed by atoms with Gasteiger partial charge in [-0.05, 0) is 63.6 Å². The van der Waals surface area contributed by atoms with Gasteiger partial charge in [0.15, 0.2) is 14.7 Å². The molecule has 170 valence electrons. The monoisotopic (exact) mass is 476 g/mol. The van der Waals surface area contributed by atoms with Crippen LogP contribution in [0.25, 0.3) is 0 Å². The van der Waals surface area contributed by atoms with Crippen LogP contribution in [0.5, 0.6) is 0 Å². The molecule has 4 aromatic rings. The summed E-state index contributed by atoms with van der Waals surface area (Å²) in [7, 11) is -4.33. The zero-order valence-corrected chi connectivity index (χ0v) is 20.9. The van der Waals surface area contributed by atoms with Crippen molar-refractivity contribution >= 4 is 21.0 Å². The molecule has 0 saturated carbocycles. The summed E-state index contributed by atoms with van der Waals surface area (Å²) in [6.07, 6.45) is 0. The second-order valence-corrected chi connectivity index (χ2v) is 11.2. The normalized spacial score (nSPS) is 11.1. The Balaban J connectivity index is 0.000000235. The summed E-state index contributed by atoms with van der Waals surface area (Å²) in [5, 5.41) is 0. The Hall–Kier alpha value is -2.86. The molecule has 0 saturated heterocycles. The first kappa shape index (κ1) is 24.8. The maximum absolute atomic E-state index is 10.5. The van der Waals surface area contributed by atoms with Crippen molar-refractivity contribution < 1.29 is 13.0 Å². The number of hydrogen-bond donors (Lipinski definition) is 0. The Morgan fingerprint density at radius 3 is 1.42 bits per heavy atom. The van der Waals surface area contributed by atoms with Crippen molar-refractivity contribution in [1.29, 1.82) is 0 Å². The van der Waals surface area contributed by atoms with E-state index in [-0.39, 0.29) is 15.8 Å². The van der Waals surface area contributed by atoms with Gasteiger partial charge in [-0.25, -0.2) is 8.42 Å². The fourth-order valence-electron chi connectivity index (χ4n) is 3.81. The van der Waals surface area contributed by atoms with E-state index in [1.807, 2.05) is 0 Å². The molecular weight excluding hydrogens is 448 g/mol. The largest absolute Gasteiger partial charge is 0.744 e. The lowest BCUT2D eigenvalue weighted by Crippen LogP contribution is -2.08. The fraction of sp³-hybridized carbons (Fsp3) is 0.143. The van der Waals surface area contributed by atoms with Gasteiger partial charge in [-0.2, -0.15) is 0 Å². The van der Waals surface area contributed by atoms with Crippen LogP contribution in [0.3, 0.4) is 0 Å². The highest BCUT2D eigenvalue weighted by Gasteiger charge is 2.31. The van der Waals surface area contributed by atoms with Crippen LogP contribution in [-0.4, -0.2) is 13.0 Å². The second-order valence-electron chi connectivity index (χ2n) is 7.88. The summed E-state index contributed by atoms with van der Waals surface area (Å²) >= 11 is 0. The van der Waals surface area contributed by atoms with Gasteiger partial charge in [0.1, 0.15) is 10.1 Å². The molecule has 33 heavy (non-hydrogen) atoms. The topological polar surface area (TPSA) is 57.2 Å². The first-order valence-corrected chi connectivity index (χ1v) is 13.3. The van der Waals surface area contributed by atoms with E-state index in [1.54, 1.807) is 19.1 Å². The molecule has 0 amide bonds. The highest BCUT2D eigenvalue weighted by molar-refractivity contribution is 7.97. The lowest BCUT2D eigenvalue weighted by molar-refractivity contribution is 0.462. The van der Waals surface area contributed by atoms with Crippen LogP contribution < -0.4 is 0 Å². The molecule has 0 radical (unpaired) electrons. The summed E-state index contributed by atoms with van der Waals surface area (Å²) in [4.78, 5) is 4.08. The van der Waals surface area contributed by atoms with Gasteiger partial charge >= 0.3 is 0 Å². The molecule has 0 spiro atoms. The third-order valence-corrected chi connectivity index (χ3v) is 8.67. The first-order chi connectivity index (χ1) is 15.7. The van der Waals surface area contributed by atoms with E-state index in [1.165, 1.54) is 43.5 Å². The molecule has 4 aromatic carbocycles. The fourth-order valence-corrected chi connectivity index (χ4v) is 6.88. The summed E-state index contributed by atoms with van der Waals surface area (Å²) in [6.45, 7) is 8.24. The minimum absolute atomic E-state index is 0.0460. The van der Waals surface area contributed by atoms with Gasteiger partial charge in [0, 0.05) is 11.1 Å². The van der Waals surface area contributed by atoms with Gasteiger partial charge in [0.25, 0.3) is 0 Å². The maximum Gasteiger partial charge on any atom is 0.172 e. The van der Waals surface area contributed by atoms with Gasteiger partial charge in [0.2, 0.25) is 0 Å². The molecule has 0 aliphatic heterocycles. The van der Waals surface area contributed by atoms with E-state index in [0.29, 0.717) is 5.56 Å². The van der Waals surface area contributed by atoms with E-state index in [9.17, 15) is 13.0 Å². The molecule has 4 rings (SSSR count). The second kappa shape index (κ2) is 10.8. The van der Waals surface area contributed by atoms with Crippen molar-refractivity contribution in [2.45, 2.75) is 47.3 Å². The summed E-state index contributed by atoms with van der Waals surface area (Å²) < 4.78 is 31.5. The standard InChI is InChI=1S/C21H21S.C7H8O3S/c1-16-14-17(2)21(18(3)15-16)22(19-10-6-4-7-11-19)20-12-8-5-9-13-20;1-6-4-2-3-5-7(6)11(8,9)10/h4-15H,1-3H3;2-5H,1H3,(H,8,9,10)/q+1;/p-1.